The Morgan fingerprint density at radius 3 is 0.621 bits per heavy atom. The van der Waals surface area contributed by atoms with Crippen LogP contribution >= 0.6 is 0 Å². The number of hydrogen-bond donors (Lipinski definition) is 9. The van der Waals surface area contributed by atoms with Crippen LogP contribution in [0.4, 0.5) is 0 Å². The molecule has 0 spiro atoms. The Morgan fingerprint density at radius 1 is 0.448 bits per heavy atom. The van der Waals surface area contributed by atoms with Crippen LogP contribution in [0.2, 0.25) is 0 Å². The Balaban J connectivity index is -0.0000000960. The molecule has 172 valence electrons. The van der Waals surface area contributed by atoms with Crippen LogP contribution in [0.5, 0.6) is 0 Å². The average molecular weight is 604 g/mol. The standard InChI is InChI=1S/3C4H6O5.2Ru/c3*5-2(4(8)9)1-3(6)7;;/h3*2,5H,1H2,(H,6,7)(H,8,9);;. The fourth-order valence-corrected chi connectivity index (χ4v) is 0.758. The first-order valence-corrected chi connectivity index (χ1v) is 6.49. The second-order valence-electron chi connectivity index (χ2n) is 4.36. The molecule has 0 aromatic heterocycles. The smallest absolute Gasteiger partial charge is 0.333 e. The molecule has 0 saturated heterocycles. The number of aliphatic hydroxyl groups excluding tert-OH is 3. The molecule has 15 nitrogen and oxygen atoms in total. The summed E-state index contributed by atoms with van der Waals surface area (Å²) in [7, 11) is 0. The predicted molar refractivity (Wildman–Crippen MR) is 77.7 cm³/mol. The summed E-state index contributed by atoms with van der Waals surface area (Å²) in [5.41, 5.74) is 0. The summed E-state index contributed by atoms with van der Waals surface area (Å²) in [6.07, 6.45) is -7.63. The molecule has 0 saturated carbocycles. The minimum atomic E-state index is -1.79. The molecule has 29 heavy (non-hydrogen) atoms. The van der Waals surface area contributed by atoms with Crippen molar-refractivity contribution in [3.63, 3.8) is 0 Å². The van der Waals surface area contributed by atoms with Crippen LogP contribution < -0.4 is 0 Å². The van der Waals surface area contributed by atoms with E-state index in [1.54, 1.807) is 0 Å². The molecule has 0 radical (unpaired) electrons. The fraction of sp³-hybridized carbons (Fsp3) is 0.500. The third kappa shape index (κ3) is 30.9. The normalized spacial score (nSPS) is 11.7. The van der Waals surface area contributed by atoms with Gasteiger partial charge in [-0.15, -0.1) is 0 Å². The summed E-state index contributed by atoms with van der Waals surface area (Å²) in [6.45, 7) is 0. The van der Waals surface area contributed by atoms with Gasteiger partial charge in [0.05, 0.1) is 19.3 Å². The SMILES string of the molecule is O=C(O)CC(O)C(=O)O.O=C(O)CC(O)C(=O)O.O=C(O)CC(O)C(=O)O.[Ru].[Ru]. The molecule has 0 amide bonds. The Bertz CT molecular complexity index is 473. The molecule has 3 atom stereocenters. The second-order valence-corrected chi connectivity index (χ2v) is 4.36. The van der Waals surface area contributed by atoms with Crippen molar-refractivity contribution in [2.45, 2.75) is 37.6 Å². The summed E-state index contributed by atoms with van der Waals surface area (Å²) in [4.78, 5) is 58.2. The van der Waals surface area contributed by atoms with E-state index in [0.717, 1.165) is 0 Å². The molecule has 0 aliphatic rings. The van der Waals surface area contributed by atoms with Crippen molar-refractivity contribution >= 4 is 35.8 Å². The first-order valence-electron chi connectivity index (χ1n) is 6.49. The third-order valence-electron chi connectivity index (χ3n) is 1.96. The number of carbonyl (C=O) groups is 6. The predicted octanol–water partition coefficient (Wildman–Crippen LogP) is -3.29. The van der Waals surface area contributed by atoms with Gasteiger partial charge in [-0.3, -0.25) is 14.4 Å². The summed E-state index contributed by atoms with van der Waals surface area (Å²) in [5.74, 6) is -8.54. The van der Waals surface area contributed by atoms with Gasteiger partial charge in [0.15, 0.2) is 18.3 Å². The first kappa shape index (κ1) is 37.7. The van der Waals surface area contributed by atoms with Gasteiger partial charge in [-0.2, -0.15) is 0 Å². The van der Waals surface area contributed by atoms with Crippen molar-refractivity contribution in [1.29, 1.82) is 0 Å². The van der Waals surface area contributed by atoms with Gasteiger partial charge in [-0.05, 0) is 0 Å². The molecular formula is C12H18O15Ru2. The van der Waals surface area contributed by atoms with Crippen molar-refractivity contribution in [3.8, 4) is 0 Å². The maximum absolute atomic E-state index is 9.72. The largest absolute Gasteiger partial charge is 0.481 e. The number of aliphatic hydroxyl groups is 3. The Labute approximate surface area is 187 Å². The first-order chi connectivity index (χ1) is 12.1. The van der Waals surface area contributed by atoms with Crippen LogP contribution in [0.25, 0.3) is 0 Å². The van der Waals surface area contributed by atoms with Gasteiger partial charge in [0.2, 0.25) is 0 Å². The van der Waals surface area contributed by atoms with E-state index in [4.69, 9.17) is 46.0 Å². The molecule has 0 fully saturated rings. The number of carboxylic acid groups (broad SMARTS) is 6. The van der Waals surface area contributed by atoms with E-state index < -0.39 is 73.4 Å². The fourth-order valence-electron chi connectivity index (χ4n) is 0.758. The monoisotopic (exact) mass is 606 g/mol. The molecule has 3 unspecified atom stereocenters. The molecule has 0 rings (SSSR count). The van der Waals surface area contributed by atoms with E-state index in [2.05, 4.69) is 0 Å². The number of carboxylic acids is 6. The van der Waals surface area contributed by atoms with E-state index in [9.17, 15) is 28.8 Å². The second kappa shape index (κ2) is 20.7. The van der Waals surface area contributed by atoms with Gasteiger partial charge in [0, 0.05) is 39.0 Å². The molecule has 0 aromatic rings. The molecule has 0 bridgehead atoms. The minimum absolute atomic E-state index is 0. The van der Waals surface area contributed by atoms with Crippen LogP contribution in [-0.2, 0) is 67.7 Å². The topological polar surface area (TPSA) is 284 Å². The van der Waals surface area contributed by atoms with Gasteiger partial charge in [0.1, 0.15) is 0 Å². The molecule has 0 heterocycles. The Kier molecular flexibility index (Phi) is 26.9. The minimum Gasteiger partial charge on any atom is -0.481 e. The molecule has 9 N–H and O–H groups in total. The molecule has 17 heteroatoms. The van der Waals surface area contributed by atoms with Crippen molar-refractivity contribution in [2.75, 3.05) is 0 Å². The number of rotatable bonds is 9. The number of hydrogen-bond acceptors (Lipinski definition) is 9. The maximum Gasteiger partial charge on any atom is 0.333 e. The summed E-state index contributed by atoms with van der Waals surface area (Å²) in [6, 6.07) is 0. The van der Waals surface area contributed by atoms with E-state index in [-0.39, 0.29) is 39.0 Å². The number of aliphatic carboxylic acids is 6. The zero-order chi connectivity index (χ0) is 22.3. The van der Waals surface area contributed by atoms with Crippen LogP contribution in [0.1, 0.15) is 19.3 Å². The quantitative estimate of drug-likeness (QED) is 0.117. The van der Waals surface area contributed by atoms with E-state index >= 15 is 0 Å². The Hall–Kier alpha value is -2.05. The average Bonchev–Trinajstić information content (AvgIpc) is 2.46. The van der Waals surface area contributed by atoms with Crippen LogP contribution in [0.3, 0.4) is 0 Å². The molecular weight excluding hydrogens is 586 g/mol. The third-order valence-corrected chi connectivity index (χ3v) is 1.96. The molecule has 0 aliphatic heterocycles. The van der Waals surface area contributed by atoms with Gasteiger partial charge >= 0.3 is 35.8 Å². The molecule has 0 aliphatic carbocycles. The van der Waals surface area contributed by atoms with Gasteiger partial charge in [-0.25, -0.2) is 14.4 Å². The van der Waals surface area contributed by atoms with E-state index in [1.807, 2.05) is 0 Å². The van der Waals surface area contributed by atoms with Crippen LogP contribution in [0, 0.1) is 0 Å². The van der Waals surface area contributed by atoms with Gasteiger partial charge in [0.25, 0.3) is 0 Å². The van der Waals surface area contributed by atoms with Crippen LogP contribution in [-0.4, -0.2) is 100 Å². The van der Waals surface area contributed by atoms with Gasteiger partial charge < -0.3 is 46.0 Å². The van der Waals surface area contributed by atoms with E-state index in [1.165, 1.54) is 0 Å². The van der Waals surface area contributed by atoms with Crippen molar-refractivity contribution in [3.05, 3.63) is 0 Å². The maximum atomic E-state index is 9.72. The van der Waals surface area contributed by atoms with Crippen LogP contribution in [0.15, 0.2) is 0 Å². The van der Waals surface area contributed by atoms with Gasteiger partial charge in [-0.1, -0.05) is 0 Å². The zero-order valence-corrected chi connectivity index (χ0v) is 17.5. The summed E-state index contributed by atoms with van der Waals surface area (Å²) < 4.78 is 0. The Morgan fingerprint density at radius 2 is 0.586 bits per heavy atom. The zero-order valence-electron chi connectivity index (χ0n) is 14.0. The van der Waals surface area contributed by atoms with E-state index in [0.29, 0.717) is 0 Å². The van der Waals surface area contributed by atoms with Crippen molar-refractivity contribution in [2.24, 2.45) is 0 Å². The van der Waals surface area contributed by atoms with Crippen molar-refractivity contribution < 1.29 is 114 Å². The van der Waals surface area contributed by atoms with Crippen molar-refractivity contribution in [1.82, 2.24) is 0 Å². The summed E-state index contributed by atoms with van der Waals surface area (Å²) >= 11 is 0. The summed E-state index contributed by atoms with van der Waals surface area (Å²) in [5, 5.41) is 72.4. The molecule has 0 aromatic carbocycles.